The molecule has 0 unspecified atom stereocenters. The zero-order valence-electron chi connectivity index (χ0n) is 19.0. The third kappa shape index (κ3) is 6.35. The predicted molar refractivity (Wildman–Crippen MR) is 121 cm³/mol. The predicted octanol–water partition coefficient (Wildman–Crippen LogP) is 3.43. The van der Waals surface area contributed by atoms with Crippen LogP contribution in [0, 0.1) is 0 Å². The number of tetrazole rings is 1. The highest BCUT2D eigenvalue weighted by atomic mass is 16.7. The molecule has 0 bridgehead atoms. The van der Waals surface area contributed by atoms with Crippen molar-refractivity contribution < 1.29 is 19.2 Å². The number of carbonyl (C=O) groups is 2. The molecule has 0 aliphatic heterocycles. The maximum Gasteiger partial charge on any atom is 0.422 e. The molecule has 0 fully saturated rings. The van der Waals surface area contributed by atoms with Crippen molar-refractivity contribution in [3.63, 3.8) is 0 Å². The molecule has 11 heteroatoms. The SMILES string of the molecule is CC(=O)N(C(=O)OC(C)(C)C)c1cccc(C(=Cc2ccccc2)ONc2nnnn2C)n1. The Kier molecular flexibility index (Phi) is 7.01. The molecule has 1 aromatic carbocycles. The van der Waals surface area contributed by atoms with Gasteiger partial charge in [-0.1, -0.05) is 41.5 Å². The summed E-state index contributed by atoms with van der Waals surface area (Å²) in [6.07, 6.45) is 0.923. The van der Waals surface area contributed by atoms with Crippen molar-refractivity contribution in [1.82, 2.24) is 25.2 Å². The molecule has 1 N–H and O–H groups in total. The molecule has 33 heavy (non-hydrogen) atoms. The van der Waals surface area contributed by atoms with Crippen molar-refractivity contribution in [2.24, 2.45) is 7.05 Å². The van der Waals surface area contributed by atoms with Crippen LogP contribution >= 0.6 is 0 Å². The number of aromatic nitrogens is 5. The first kappa shape index (κ1) is 23.4. The van der Waals surface area contributed by atoms with Crippen LogP contribution in [-0.2, 0) is 21.4 Å². The second-order valence-electron chi connectivity index (χ2n) is 7.97. The fourth-order valence-electron chi connectivity index (χ4n) is 2.65. The van der Waals surface area contributed by atoms with Gasteiger partial charge in [0.05, 0.1) is 0 Å². The normalized spacial score (nSPS) is 11.6. The monoisotopic (exact) mass is 451 g/mol. The van der Waals surface area contributed by atoms with Gasteiger partial charge in [0.15, 0.2) is 5.76 Å². The van der Waals surface area contributed by atoms with Crippen LogP contribution in [0.2, 0.25) is 0 Å². The Hall–Kier alpha value is -4.28. The minimum Gasteiger partial charge on any atom is -0.443 e. The first-order chi connectivity index (χ1) is 15.6. The molecule has 3 rings (SSSR count). The smallest absolute Gasteiger partial charge is 0.422 e. The summed E-state index contributed by atoms with van der Waals surface area (Å²) in [6.45, 7) is 6.41. The minimum absolute atomic E-state index is 0.0946. The van der Waals surface area contributed by atoms with E-state index in [9.17, 15) is 9.59 Å². The summed E-state index contributed by atoms with van der Waals surface area (Å²) in [5.41, 5.74) is 3.10. The Labute approximate surface area is 191 Å². The van der Waals surface area contributed by atoms with Gasteiger partial charge in [0.1, 0.15) is 17.1 Å². The molecule has 0 radical (unpaired) electrons. The van der Waals surface area contributed by atoms with Crippen LogP contribution in [0.4, 0.5) is 16.6 Å². The van der Waals surface area contributed by atoms with E-state index in [4.69, 9.17) is 9.57 Å². The van der Waals surface area contributed by atoms with Gasteiger partial charge in [-0.05, 0) is 55.0 Å². The maximum absolute atomic E-state index is 12.7. The number of pyridine rings is 1. The second kappa shape index (κ2) is 9.90. The molecular weight excluding hydrogens is 426 g/mol. The first-order valence-corrected chi connectivity index (χ1v) is 10.1. The van der Waals surface area contributed by atoms with E-state index in [0.717, 1.165) is 10.5 Å². The number of benzene rings is 1. The molecule has 11 nitrogen and oxygen atoms in total. The molecule has 0 spiro atoms. The number of ether oxygens (including phenoxy) is 1. The highest BCUT2D eigenvalue weighted by molar-refractivity contribution is 6.10. The summed E-state index contributed by atoms with van der Waals surface area (Å²) in [5, 5.41) is 11.1. The Bertz CT molecular complexity index is 1150. The third-order valence-electron chi connectivity index (χ3n) is 4.08. The number of nitrogens with zero attached hydrogens (tertiary/aromatic N) is 6. The van der Waals surface area contributed by atoms with Crippen molar-refractivity contribution in [2.75, 3.05) is 10.4 Å². The van der Waals surface area contributed by atoms with Crippen LogP contribution in [0.25, 0.3) is 11.8 Å². The lowest BCUT2D eigenvalue weighted by Crippen LogP contribution is -2.40. The van der Waals surface area contributed by atoms with Gasteiger partial charge < -0.3 is 9.57 Å². The van der Waals surface area contributed by atoms with Crippen LogP contribution in [-0.4, -0.2) is 42.8 Å². The number of aryl methyl sites for hydroxylation is 1. The number of anilines is 2. The van der Waals surface area contributed by atoms with Gasteiger partial charge in [-0.2, -0.15) is 10.4 Å². The molecule has 0 aliphatic carbocycles. The number of amides is 2. The Morgan fingerprint density at radius 2 is 1.82 bits per heavy atom. The van der Waals surface area contributed by atoms with E-state index in [1.54, 1.807) is 46.0 Å². The Balaban J connectivity index is 1.97. The quantitative estimate of drug-likeness (QED) is 0.443. The standard InChI is InChI=1S/C22H25N7O4/c1-15(30)29(21(31)32-22(2,3)4)19-13-9-12-17(23-19)18(14-16-10-7-6-8-11-16)33-25-20-24-26-27-28(20)5/h6-14H,1-5H3,(H,24,25,27). The first-order valence-electron chi connectivity index (χ1n) is 10.1. The lowest BCUT2D eigenvalue weighted by atomic mass is 10.2. The van der Waals surface area contributed by atoms with Crippen molar-refractivity contribution in [1.29, 1.82) is 0 Å². The number of rotatable bonds is 6. The van der Waals surface area contributed by atoms with Crippen LogP contribution in [0.3, 0.4) is 0 Å². The fourth-order valence-corrected chi connectivity index (χ4v) is 2.65. The van der Waals surface area contributed by atoms with E-state index >= 15 is 0 Å². The molecule has 0 saturated heterocycles. The van der Waals surface area contributed by atoms with Gasteiger partial charge in [-0.3, -0.25) is 4.79 Å². The Morgan fingerprint density at radius 3 is 2.42 bits per heavy atom. The van der Waals surface area contributed by atoms with Gasteiger partial charge >= 0.3 is 6.09 Å². The van der Waals surface area contributed by atoms with E-state index in [1.807, 2.05) is 30.3 Å². The zero-order chi connectivity index (χ0) is 24.0. The van der Waals surface area contributed by atoms with Gasteiger partial charge in [-0.15, -0.1) is 0 Å². The van der Waals surface area contributed by atoms with Gasteiger partial charge in [-0.25, -0.2) is 14.5 Å². The minimum atomic E-state index is -0.822. The molecule has 0 aliphatic rings. The molecule has 172 valence electrons. The number of hydrogen-bond acceptors (Lipinski definition) is 9. The largest absolute Gasteiger partial charge is 0.443 e. The molecular formula is C22H25N7O4. The van der Waals surface area contributed by atoms with E-state index in [-0.39, 0.29) is 11.8 Å². The van der Waals surface area contributed by atoms with E-state index in [0.29, 0.717) is 11.5 Å². The van der Waals surface area contributed by atoms with E-state index in [1.165, 1.54) is 17.7 Å². The van der Waals surface area contributed by atoms with E-state index < -0.39 is 17.6 Å². The molecule has 2 aromatic heterocycles. The van der Waals surface area contributed by atoms with Gasteiger partial charge in [0, 0.05) is 14.0 Å². The highest BCUT2D eigenvalue weighted by Crippen LogP contribution is 2.23. The second-order valence-corrected chi connectivity index (χ2v) is 7.97. The molecule has 2 heterocycles. The summed E-state index contributed by atoms with van der Waals surface area (Å²) in [7, 11) is 1.65. The molecule has 3 aromatic rings. The topological polar surface area (TPSA) is 124 Å². The summed E-state index contributed by atoms with van der Waals surface area (Å²) in [4.78, 5) is 36.0. The van der Waals surface area contributed by atoms with Crippen molar-refractivity contribution in [3.05, 3.63) is 59.8 Å². The lowest BCUT2D eigenvalue weighted by Gasteiger charge is -2.25. The average molecular weight is 451 g/mol. The van der Waals surface area contributed by atoms with E-state index in [2.05, 4.69) is 26.0 Å². The Morgan fingerprint density at radius 1 is 1.09 bits per heavy atom. The maximum atomic E-state index is 12.7. The molecule has 0 atom stereocenters. The fraction of sp³-hybridized carbons (Fsp3) is 0.273. The third-order valence-corrected chi connectivity index (χ3v) is 4.08. The average Bonchev–Trinajstić information content (AvgIpc) is 3.15. The van der Waals surface area contributed by atoms with Gasteiger partial charge in [0.2, 0.25) is 5.91 Å². The van der Waals surface area contributed by atoms with Crippen molar-refractivity contribution >= 4 is 35.6 Å². The van der Waals surface area contributed by atoms with Crippen molar-refractivity contribution in [2.45, 2.75) is 33.3 Å². The summed E-state index contributed by atoms with van der Waals surface area (Å²) >= 11 is 0. The van der Waals surface area contributed by atoms with Crippen LogP contribution in [0.5, 0.6) is 0 Å². The molecule has 2 amide bonds. The zero-order valence-corrected chi connectivity index (χ0v) is 19.0. The number of nitrogens with one attached hydrogen (secondary N) is 1. The summed E-state index contributed by atoms with van der Waals surface area (Å²) < 4.78 is 6.76. The van der Waals surface area contributed by atoms with Crippen LogP contribution in [0.15, 0.2) is 48.5 Å². The number of carbonyl (C=O) groups excluding carboxylic acids is 2. The highest BCUT2D eigenvalue weighted by Gasteiger charge is 2.28. The van der Waals surface area contributed by atoms with Gasteiger partial charge in [0.25, 0.3) is 5.95 Å². The van der Waals surface area contributed by atoms with Crippen LogP contribution < -0.4 is 10.4 Å². The lowest BCUT2D eigenvalue weighted by molar-refractivity contribution is -0.116. The van der Waals surface area contributed by atoms with Crippen molar-refractivity contribution in [3.8, 4) is 0 Å². The van der Waals surface area contributed by atoms with Crippen LogP contribution in [0.1, 0.15) is 39.0 Å². The number of imide groups is 1. The summed E-state index contributed by atoms with van der Waals surface area (Å²) in [6, 6.07) is 14.3. The summed E-state index contributed by atoms with van der Waals surface area (Å²) in [5.74, 6) is 0.131. The molecule has 0 saturated carbocycles. The number of hydrogen-bond donors (Lipinski definition) is 1.